The normalized spacial score (nSPS) is 16.1. The van der Waals surface area contributed by atoms with Gasteiger partial charge in [-0.25, -0.2) is 9.78 Å². The highest BCUT2D eigenvalue weighted by molar-refractivity contribution is 5.92. The van der Waals surface area contributed by atoms with Gasteiger partial charge >= 0.3 is 5.97 Å². The number of ether oxygens (including phenoxy) is 1. The summed E-state index contributed by atoms with van der Waals surface area (Å²) in [5.74, 6) is 0.760. The van der Waals surface area contributed by atoms with E-state index in [1.165, 1.54) is 13.5 Å². The van der Waals surface area contributed by atoms with E-state index in [1.807, 2.05) is 11.5 Å². The molecule has 1 aliphatic carbocycles. The van der Waals surface area contributed by atoms with Crippen LogP contribution in [0.1, 0.15) is 41.6 Å². The number of hydrogen-bond donors (Lipinski definition) is 1. The van der Waals surface area contributed by atoms with Crippen molar-refractivity contribution in [3.63, 3.8) is 0 Å². The second-order valence-electron chi connectivity index (χ2n) is 3.84. The molecule has 2 N–H and O–H groups in total. The van der Waals surface area contributed by atoms with Gasteiger partial charge in [0.25, 0.3) is 0 Å². The fraction of sp³-hybridized carbons (Fsp3) is 0.600. The van der Waals surface area contributed by atoms with Gasteiger partial charge in [-0.3, -0.25) is 0 Å². The van der Waals surface area contributed by atoms with E-state index < -0.39 is 5.97 Å². The van der Waals surface area contributed by atoms with E-state index in [9.17, 15) is 4.79 Å². The number of rotatable bonds is 2. The molecule has 1 aromatic rings. The molecule has 0 aliphatic heterocycles. The molecule has 1 saturated carbocycles. The van der Waals surface area contributed by atoms with Crippen LogP contribution in [0.4, 0.5) is 5.82 Å². The molecule has 1 aliphatic rings. The Labute approximate surface area is 88.2 Å². The third-order valence-electron chi connectivity index (χ3n) is 2.94. The second-order valence-corrected chi connectivity index (χ2v) is 3.84. The molecule has 15 heavy (non-hydrogen) atoms. The molecule has 1 aromatic heterocycles. The molecule has 1 heterocycles. The number of aryl methyl sites for hydroxylation is 1. The molecule has 0 atom stereocenters. The number of nitrogen functional groups attached to an aromatic ring is 1. The van der Waals surface area contributed by atoms with Crippen LogP contribution in [0, 0.1) is 6.92 Å². The minimum Gasteiger partial charge on any atom is -0.464 e. The first-order valence-electron chi connectivity index (χ1n) is 5.07. The van der Waals surface area contributed by atoms with Crippen LogP contribution in [0.3, 0.4) is 0 Å². The molecule has 5 nitrogen and oxygen atoms in total. The first-order valence-corrected chi connectivity index (χ1v) is 5.07. The first kappa shape index (κ1) is 10.0. The summed E-state index contributed by atoms with van der Waals surface area (Å²) in [5, 5.41) is 0. The molecule has 1 fully saturated rings. The van der Waals surface area contributed by atoms with Crippen molar-refractivity contribution in [2.75, 3.05) is 12.8 Å². The fourth-order valence-electron chi connectivity index (χ4n) is 1.91. The van der Waals surface area contributed by atoms with Gasteiger partial charge in [0.05, 0.1) is 7.11 Å². The molecular formula is C10H15N3O2. The summed E-state index contributed by atoms with van der Waals surface area (Å²) >= 11 is 0. The van der Waals surface area contributed by atoms with E-state index >= 15 is 0 Å². The molecule has 0 saturated heterocycles. The second kappa shape index (κ2) is 3.56. The van der Waals surface area contributed by atoms with E-state index in [4.69, 9.17) is 5.73 Å². The van der Waals surface area contributed by atoms with Crippen LogP contribution in [0.2, 0.25) is 0 Å². The monoisotopic (exact) mass is 209 g/mol. The van der Waals surface area contributed by atoms with E-state index in [2.05, 4.69) is 9.72 Å². The zero-order valence-electron chi connectivity index (χ0n) is 8.99. The number of carbonyl (C=O) groups is 1. The topological polar surface area (TPSA) is 70.1 Å². The lowest BCUT2D eigenvalue weighted by Gasteiger charge is -2.28. The molecule has 82 valence electrons. The average molecular weight is 209 g/mol. The lowest BCUT2D eigenvalue weighted by atomic mass is 9.93. The Morgan fingerprint density at radius 3 is 2.73 bits per heavy atom. The van der Waals surface area contributed by atoms with Gasteiger partial charge in [-0.2, -0.15) is 0 Å². The quantitative estimate of drug-likeness (QED) is 0.745. The summed E-state index contributed by atoms with van der Waals surface area (Å²) in [4.78, 5) is 15.5. The van der Waals surface area contributed by atoms with Gasteiger partial charge in [0.1, 0.15) is 11.6 Å². The van der Waals surface area contributed by atoms with Crippen molar-refractivity contribution in [2.24, 2.45) is 0 Å². The number of anilines is 1. The van der Waals surface area contributed by atoms with Crippen molar-refractivity contribution in [3.05, 3.63) is 11.5 Å². The standard InChI is InChI=1S/C10H15N3O2/c1-6-12-8(10(14)15-2)9(11)13(6)7-4-3-5-7/h7H,3-5,11H2,1-2H3. The van der Waals surface area contributed by atoms with Crippen molar-refractivity contribution >= 4 is 11.8 Å². The minimum absolute atomic E-state index is 0.238. The molecule has 0 amide bonds. The van der Waals surface area contributed by atoms with Gasteiger partial charge in [0, 0.05) is 6.04 Å². The van der Waals surface area contributed by atoms with Gasteiger partial charge in [-0.05, 0) is 26.2 Å². The van der Waals surface area contributed by atoms with E-state index in [1.54, 1.807) is 0 Å². The Kier molecular flexibility index (Phi) is 2.38. The largest absolute Gasteiger partial charge is 0.464 e. The van der Waals surface area contributed by atoms with Crippen LogP contribution in [0.5, 0.6) is 0 Å². The number of hydrogen-bond acceptors (Lipinski definition) is 4. The predicted molar refractivity (Wildman–Crippen MR) is 55.6 cm³/mol. The van der Waals surface area contributed by atoms with Crippen LogP contribution in [0.25, 0.3) is 0 Å². The highest BCUT2D eigenvalue weighted by atomic mass is 16.5. The van der Waals surface area contributed by atoms with Gasteiger partial charge in [-0.15, -0.1) is 0 Å². The van der Waals surface area contributed by atoms with Crippen molar-refractivity contribution in [2.45, 2.75) is 32.2 Å². The maximum absolute atomic E-state index is 11.4. The van der Waals surface area contributed by atoms with Crippen LogP contribution < -0.4 is 5.73 Å². The third-order valence-corrected chi connectivity index (χ3v) is 2.94. The SMILES string of the molecule is COC(=O)c1nc(C)n(C2CCC2)c1N. The van der Waals surface area contributed by atoms with Crippen LogP contribution in [0.15, 0.2) is 0 Å². The number of carbonyl (C=O) groups excluding carboxylic acids is 1. The number of esters is 1. The summed E-state index contributed by atoms with van der Waals surface area (Å²) < 4.78 is 6.56. The van der Waals surface area contributed by atoms with Crippen LogP contribution in [-0.2, 0) is 4.74 Å². The molecule has 0 spiro atoms. The van der Waals surface area contributed by atoms with Crippen molar-refractivity contribution in [1.29, 1.82) is 0 Å². The lowest BCUT2D eigenvalue weighted by Crippen LogP contribution is -2.20. The Morgan fingerprint density at radius 2 is 2.27 bits per heavy atom. The zero-order chi connectivity index (χ0) is 11.0. The number of aromatic nitrogens is 2. The van der Waals surface area contributed by atoms with Gasteiger partial charge < -0.3 is 15.0 Å². The number of imidazole rings is 1. The summed E-state index contributed by atoms with van der Waals surface area (Å²) in [6.45, 7) is 1.86. The van der Waals surface area contributed by atoms with Crippen molar-refractivity contribution in [3.8, 4) is 0 Å². The molecule has 2 rings (SSSR count). The fourth-order valence-corrected chi connectivity index (χ4v) is 1.91. The van der Waals surface area contributed by atoms with Crippen LogP contribution >= 0.6 is 0 Å². The highest BCUT2D eigenvalue weighted by Crippen LogP contribution is 2.35. The van der Waals surface area contributed by atoms with Gasteiger partial charge in [0.15, 0.2) is 5.69 Å². The molecular weight excluding hydrogens is 194 g/mol. The summed E-state index contributed by atoms with van der Waals surface area (Å²) in [6, 6.07) is 0.413. The van der Waals surface area contributed by atoms with Crippen LogP contribution in [-0.4, -0.2) is 22.6 Å². The molecule has 0 bridgehead atoms. The Bertz CT molecular complexity index is 394. The number of nitrogens with zero attached hydrogens (tertiary/aromatic N) is 2. The summed E-state index contributed by atoms with van der Waals surface area (Å²) in [5.41, 5.74) is 6.13. The highest BCUT2D eigenvalue weighted by Gasteiger charge is 2.27. The summed E-state index contributed by atoms with van der Waals surface area (Å²) in [7, 11) is 1.33. The van der Waals surface area contributed by atoms with Gasteiger partial charge in [0.2, 0.25) is 0 Å². The minimum atomic E-state index is -0.464. The Morgan fingerprint density at radius 1 is 1.60 bits per heavy atom. The zero-order valence-corrected chi connectivity index (χ0v) is 8.99. The molecule has 5 heteroatoms. The molecule has 0 unspecified atom stereocenters. The van der Waals surface area contributed by atoms with E-state index in [0.29, 0.717) is 11.9 Å². The average Bonchev–Trinajstić information content (AvgIpc) is 2.42. The van der Waals surface area contributed by atoms with Gasteiger partial charge in [-0.1, -0.05) is 0 Å². The van der Waals surface area contributed by atoms with E-state index in [-0.39, 0.29) is 5.69 Å². The maximum atomic E-state index is 11.4. The number of nitrogens with two attached hydrogens (primary N) is 1. The Hall–Kier alpha value is -1.52. The predicted octanol–water partition coefficient (Wildman–Crippen LogP) is 1.29. The van der Waals surface area contributed by atoms with Crippen molar-refractivity contribution < 1.29 is 9.53 Å². The molecule has 0 radical (unpaired) electrons. The third kappa shape index (κ3) is 1.48. The number of methoxy groups -OCH3 is 1. The lowest BCUT2D eigenvalue weighted by molar-refractivity contribution is 0.0595. The summed E-state index contributed by atoms with van der Waals surface area (Å²) in [6.07, 6.45) is 3.44. The molecule has 0 aromatic carbocycles. The van der Waals surface area contributed by atoms with Crippen molar-refractivity contribution in [1.82, 2.24) is 9.55 Å². The smallest absolute Gasteiger partial charge is 0.360 e. The Balaban J connectivity index is 2.38. The maximum Gasteiger partial charge on any atom is 0.360 e. The van der Waals surface area contributed by atoms with E-state index in [0.717, 1.165) is 18.7 Å². The first-order chi connectivity index (χ1) is 7.15.